The van der Waals surface area contributed by atoms with Crippen LogP contribution in [0, 0.1) is 5.82 Å². The molecule has 0 aromatic heterocycles. The van der Waals surface area contributed by atoms with E-state index in [1.165, 1.54) is 30.0 Å². The zero-order chi connectivity index (χ0) is 13.0. The Morgan fingerprint density at radius 1 is 1.50 bits per heavy atom. The van der Waals surface area contributed by atoms with Crippen LogP contribution in [0.1, 0.15) is 10.4 Å². The minimum Gasteiger partial charge on any atom is -0.312 e. The number of rotatable bonds is 1. The molecule has 2 rings (SSSR count). The zero-order valence-corrected chi connectivity index (χ0v) is 10.9. The summed E-state index contributed by atoms with van der Waals surface area (Å²) >= 11 is 6.50. The van der Waals surface area contributed by atoms with E-state index < -0.39 is 11.7 Å². The number of thiocarbonyl (C=S) groups is 1. The molecule has 1 heterocycles. The van der Waals surface area contributed by atoms with E-state index >= 15 is 0 Å². The number of amides is 1. The van der Waals surface area contributed by atoms with Gasteiger partial charge in [-0.15, -0.1) is 0 Å². The molecule has 1 amide bonds. The number of halogens is 1. The topological polar surface area (TPSA) is 53.5 Å². The summed E-state index contributed by atoms with van der Waals surface area (Å²) in [5.41, 5.74) is 0.222. The summed E-state index contributed by atoms with van der Waals surface area (Å²) in [4.78, 5) is 15.9. The molecule has 0 aliphatic carbocycles. The molecular formula is C11H10FN3OS2. The fourth-order valence-electron chi connectivity index (χ4n) is 1.34. The third kappa shape index (κ3) is 3.51. The van der Waals surface area contributed by atoms with Crippen molar-refractivity contribution in [2.24, 2.45) is 4.99 Å². The van der Waals surface area contributed by atoms with Crippen LogP contribution < -0.4 is 10.6 Å². The van der Waals surface area contributed by atoms with Crippen LogP contribution in [0.25, 0.3) is 0 Å². The average molecular weight is 283 g/mol. The molecule has 0 unspecified atom stereocenters. The number of aliphatic imine (C=N–C) groups is 1. The van der Waals surface area contributed by atoms with Gasteiger partial charge in [-0.25, -0.2) is 4.39 Å². The Balaban J connectivity index is 1.92. The van der Waals surface area contributed by atoms with Crippen LogP contribution >= 0.6 is 24.0 Å². The van der Waals surface area contributed by atoms with Gasteiger partial charge in [-0.3, -0.25) is 15.1 Å². The molecule has 1 aromatic carbocycles. The second-order valence-electron chi connectivity index (χ2n) is 3.45. The number of carbonyl (C=O) groups excluding carboxylic acids is 1. The van der Waals surface area contributed by atoms with Crippen molar-refractivity contribution < 1.29 is 9.18 Å². The van der Waals surface area contributed by atoms with Crippen LogP contribution in [0.4, 0.5) is 4.39 Å². The quantitative estimate of drug-likeness (QED) is 0.768. The Bertz CT molecular complexity index is 519. The smallest absolute Gasteiger partial charge is 0.257 e. The molecule has 1 aromatic rings. The summed E-state index contributed by atoms with van der Waals surface area (Å²) < 4.78 is 12.9. The SMILES string of the molecule is O=C(NC(=S)NC1=NCCS1)c1cccc(F)c1. The number of nitrogens with zero attached hydrogens (tertiary/aromatic N) is 1. The molecule has 0 spiro atoms. The van der Waals surface area contributed by atoms with Crippen molar-refractivity contribution in [3.8, 4) is 0 Å². The van der Waals surface area contributed by atoms with Crippen molar-refractivity contribution in [3.63, 3.8) is 0 Å². The van der Waals surface area contributed by atoms with Crippen LogP contribution in [0.15, 0.2) is 29.3 Å². The number of benzene rings is 1. The Labute approximate surface area is 113 Å². The fraction of sp³-hybridized carbons (Fsp3) is 0.182. The summed E-state index contributed by atoms with van der Waals surface area (Å²) in [5.74, 6) is -0.00385. The van der Waals surface area contributed by atoms with Gasteiger partial charge in [-0.1, -0.05) is 17.8 Å². The van der Waals surface area contributed by atoms with Crippen molar-refractivity contribution >= 4 is 40.2 Å². The van der Waals surface area contributed by atoms with Crippen molar-refractivity contribution in [2.45, 2.75) is 0 Å². The lowest BCUT2D eigenvalue weighted by Crippen LogP contribution is -2.41. The lowest BCUT2D eigenvalue weighted by Gasteiger charge is -2.08. The standard InChI is InChI=1S/C11H10FN3OS2/c12-8-3-1-2-7(6-8)9(16)14-10(17)15-11-13-4-5-18-11/h1-3,6H,4-5H2,(H2,13,14,15,16,17). The van der Waals surface area contributed by atoms with Crippen LogP contribution in [-0.2, 0) is 0 Å². The number of hydrogen-bond acceptors (Lipinski definition) is 4. The van der Waals surface area contributed by atoms with Crippen molar-refractivity contribution in [2.75, 3.05) is 12.3 Å². The molecule has 0 saturated heterocycles. The van der Waals surface area contributed by atoms with Gasteiger partial charge in [0, 0.05) is 11.3 Å². The first-order chi connectivity index (χ1) is 8.65. The van der Waals surface area contributed by atoms with Gasteiger partial charge in [0.25, 0.3) is 5.91 Å². The van der Waals surface area contributed by atoms with Gasteiger partial charge >= 0.3 is 0 Å². The Kier molecular flexibility index (Phi) is 4.27. The molecular weight excluding hydrogens is 273 g/mol. The predicted octanol–water partition coefficient (Wildman–Crippen LogP) is 1.53. The number of carbonyl (C=O) groups is 1. The normalized spacial score (nSPS) is 13.9. The van der Waals surface area contributed by atoms with Gasteiger partial charge < -0.3 is 5.32 Å². The first kappa shape index (κ1) is 13.0. The number of nitrogens with one attached hydrogen (secondary N) is 2. The van der Waals surface area contributed by atoms with E-state index in [0.29, 0.717) is 5.17 Å². The first-order valence-electron chi connectivity index (χ1n) is 5.20. The van der Waals surface area contributed by atoms with E-state index in [0.717, 1.165) is 18.4 Å². The van der Waals surface area contributed by atoms with Gasteiger partial charge in [0.05, 0.1) is 6.54 Å². The minimum absolute atomic E-state index is 0.164. The molecule has 2 N–H and O–H groups in total. The third-order valence-corrected chi connectivity index (χ3v) is 3.22. The van der Waals surface area contributed by atoms with Gasteiger partial charge in [0.1, 0.15) is 5.82 Å². The lowest BCUT2D eigenvalue weighted by molar-refractivity contribution is 0.0976. The van der Waals surface area contributed by atoms with Gasteiger partial charge in [0.15, 0.2) is 10.3 Å². The molecule has 0 saturated carbocycles. The molecule has 18 heavy (non-hydrogen) atoms. The van der Waals surface area contributed by atoms with Crippen molar-refractivity contribution in [3.05, 3.63) is 35.6 Å². The average Bonchev–Trinajstić information content (AvgIpc) is 2.81. The van der Waals surface area contributed by atoms with Crippen LogP contribution in [0.5, 0.6) is 0 Å². The van der Waals surface area contributed by atoms with E-state index in [4.69, 9.17) is 12.2 Å². The second kappa shape index (κ2) is 5.92. The van der Waals surface area contributed by atoms with E-state index in [1.54, 1.807) is 0 Å². The summed E-state index contributed by atoms with van der Waals surface area (Å²) in [6.07, 6.45) is 0. The maximum atomic E-state index is 12.9. The molecule has 7 heteroatoms. The second-order valence-corrected chi connectivity index (χ2v) is 4.95. The Morgan fingerprint density at radius 2 is 2.33 bits per heavy atom. The summed E-state index contributed by atoms with van der Waals surface area (Å²) in [6.45, 7) is 0.744. The fourth-order valence-corrected chi connectivity index (χ4v) is 2.33. The van der Waals surface area contributed by atoms with E-state index in [-0.39, 0.29) is 10.7 Å². The molecule has 0 radical (unpaired) electrons. The molecule has 0 bridgehead atoms. The highest BCUT2D eigenvalue weighted by Crippen LogP contribution is 2.08. The molecule has 0 atom stereocenters. The van der Waals surface area contributed by atoms with E-state index in [1.807, 2.05) is 0 Å². The van der Waals surface area contributed by atoms with Gasteiger partial charge in [-0.2, -0.15) is 0 Å². The monoisotopic (exact) mass is 283 g/mol. The molecule has 0 fully saturated rings. The molecule has 1 aliphatic rings. The maximum Gasteiger partial charge on any atom is 0.257 e. The van der Waals surface area contributed by atoms with Gasteiger partial charge in [0.2, 0.25) is 0 Å². The largest absolute Gasteiger partial charge is 0.312 e. The van der Waals surface area contributed by atoms with Crippen LogP contribution in [0.3, 0.4) is 0 Å². The maximum absolute atomic E-state index is 12.9. The molecule has 1 aliphatic heterocycles. The Hall–Kier alpha value is -1.47. The summed E-state index contributed by atoms with van der Waals surface area (Å²) in [7, 11) is 0. The number of thioether (sulfide) groups is 1. The van der Waals surface area contributed by atoms with Crippen molar-refractivity contribution in [1.29, 1.82) is 0 Å². The highest BCUT2D eigenvalue weighted by atomic mass is 32.2. The Morgan fingerprint density at radius 3 is 3.00 bits per heavy atom. The summed E-state index contributed by atoms with van der Waals surface area (Å²) in [6, 6.07) is 5.41. The molecule has 4 nitrogen and oxygen atoms in total. The highest BCUT2D eigenvalue weighted by Gasteiger charge is 2.12. The molecule has 94 valence electrons. The third-order valence-electron chi connectivity index (χ3n) is 2.12. The first-order valence-corrected chi connectivity index (χ1v) is 6.60. The summed E-state index contributed by atoms with van der Waals surface area (Å²) in [5, 5.41) is 6.14. The minimum atomic E-state index is -0.461. The van der Waals surface area contributed by atoms with Crippen molar-refractivity contribution in [1.82, 2.24) is 10.6 Å². The number of hydrogen-bond donors (Lipinski definition) is 2. The lowest BCUT2D eigenvalue weighted by atomic mass is 10.2. The van der Waals surface area contributed by atoms with E-state index in [9.17, 15) is 9.18 Å². The van der Waals surface area contributed by atoms with Gasteiger partial charge in [-0.05, 0) is 30.4 Å². The highest BCUT2D eigenvalue weighted by molar-refractivity contribution is 8.14. The zero-order valence-electron chi connectivity index (χ0n) is 9.27. The van der Waals surface area contributed by atoms with Crippen LogP contribution in [-0.4, -0.2) is 28.5 Å². The number of amidine groups is 1. The van der Waals surface area contributed by atoms with Crippen LogP contribution in [0.2, 0.25) is 0 Å². The van der Waals surface area contributed by atoms with E-state index in [2.05, 4.69) is 15.6 Å². The predicted molar refractivity (Wildman–Crippen MR) is 74.4 cm³/mol.